The van der Waals surface area contributed by atoms with Crippen molar-refractivity contribution in [2.24, 2.45) is 0 Å². The van der Waals surface area contributed by atoms with Crippen molar-refractivity contribution in [3.63, 3.8) is 0 Å². The maximum atomic E-state index is 12.3. The zero-order valence-corrected chi connectivity index (χ0v) is 13.4. The molecule has 1 aromatic heterocycles. The topological polar surface area (TPSA) is 51.7 Å². The van der Waals surface area contributed by atoms with E-state index in [1.54, 1.807) is 6.20 Å². The minimum Gasteiger partial charge on any atom is -0.475 e. The average molecular weight is 304 g/mol. The molecule has 0 aromatic carbocycles. The van der Waals surface area contributed by atoms with Crippen molar-refractivity contribution >= 4 is 5.78 Å². The SMILES string of the molecule is C=C(OCN(C)C)C(=O)c1cc(C2CCCOCC2)ccn1. The summed E-state index contributed by atoms with van der Waals surface area (Å²) >= 11 is 0. The van der Waals surface area contributed by atoms with Crippen LogP contribution in [-0.2, 0) is 9.47 Å². The van der Waals surface area contributed by atoms with Crippen LogP contribution in [0.25, 0.3) is 0 Å². The van der Waals surface area contributed by atoms with Crippen molar-refractivity contribution in [3.8, 4) is 0 Å². The standard InChI is InChI=1S/C17H24N2O3/c1-13(22-12-19(2)3)17(20)16-11-15(6-8-18-16)14-5-4-9-21-10-7-14/h6,8,11,14H,1,4-5,7,9-10,12H2,2-3H3. The van der Waals surface area contributed by atoms with Crippen LogP contribution in [0.3, 0.4) is 0 Å². The first-order valence-corrected chi connectivity index (χ1v) is 7.62. The third-order valence-corrected chi connectivity index (χ3v) is 3.69. The Hall–Kier alpha value is -1.72. The number of ether oxygens (including phenoxy) is 2. The molecule has 1 fully saturated rings. The summed E-state index contributed by atoms with van der Waals surface area (Å²) in [7, 11) is 3.73. The molecule has 1 atom stereocenters. The van der Waals surface area contributed by atoms with Gasteiger partial charge in [-0.3, -0.25) is 14.7 Å². The van der Waals surface area contributed by atoms with E-state index in [0.717, 1.165) is 38.0 Å². The Morgan fingerprint density at radius 3 is 3.05 bits per heavy atom. The molecule has 0 bridgehead atoms. The number of allylic oxidation sites excluding steroid dienone is 1. The summed E-state index contributed by atoms with van der Waals surface area (Å²) in [6.07, 6.45) is 4.80. The maximum Gasteiger partial charge on any atom is 0.245 e. The normalized spacial score (nSPS) is 18.8. The third kappa shape index (κ3) is 4.64. The van der Waals surface area contributed by atoms with Crippen LogP contribution in [-0.4, -0.2) is 49.7 Å². The molecule has 0 radical (unpaired) electrons. The molecule has 1 aromatic rings. The van der Waals surface area contributed by atoms with Crippen LogP contribution in [0.5, 0.6) is 0 Å². The van der Waals surface area contributed by atoms with Gasteiger partial charge in [0.1, 0.15) is 12.4 Å². The van der Waals surface area contributed by atoms with Gasteiger partial charge in [0, 0.05) is 19.4 Å². The number of carbonyl (C=O) groups is 1. The van der Waals surface area contributed by atoms with Crippen LogP contribution in [0.1, 0.15) is 41.2 Å². The molecule has 0 N–H and O–H groups in total. The van der Waals surface area contributed by atoms with Crippen molar-refractivity contribution < 1.29 is 14.3 Å². The predicted molar refractivity (Wildman–Crippen MR) is 84.8 cm³/mol. The highest BCUT2D eigenvalue weighted by Gasteiger charge is 2.18. The first kappa shape index (κ1) is 16.6. The highest BCUT2D eigenvalue weighted by molar-refractivity contribution is 6.05. The fourth-order valence-electron chi connectivity index (χ4n) is 2.48. The van der Waals surface area contributed by atoms with E-state index in [2.05, 4.69) is 11.6 Å². The second-order valence-electron chi connectivity index (χ2n) is 5.82. The van der Waals surface area contributed by atoms with Crippen molar-refractivity contribution in [3.05, 3.63) is 41.9 Å². The zero-order chi connectivity index (χ0) is 15.9. The van der Waals surface area contributed by atoms with Crippen LogP contribution >= 0.6 is 0 Å². The molecule has 5 heteroatoms. The summed E-state index contributed by atoms with van der Waals surface area (Å²) < 4.78 is 10.8. The lowest BCUT2D eigenvalue weighted by Crippen LogP contribution is -2.18. The lowest BCUT2D eigenvalue weighted by molar-refractivity contribution is 0.0771. The molecule has 1 aliphatic rings. The highest BCUT2D eigenvalue weighted by Crippen LogP contribution is 2.27. The van der Waals surface area contributed by atoms with Gasteiger partial charge in [0.25, 0.3) is 0 Å². The third-order valence-electron chi connectivity index (χ3n) is 3.69. The van der Waals surface area contributed by atoms with Crippen molar-refractivity contribution in [2.75, 3.05) is 34.0 Å². The number of pyridine rings is 1. The minimum absolute atomic E-state index is 0.127. The number of rotatable bonds is 6. The Morgan fingerprint density at radius 2 is 2.27 bits per heavy atom. The quantitative estimate of drug-likeness (QED) is 0.350. The van der Waals surface area contributed by atoms with E-state index in [1.807, 2.05) is 31.1 Å². The molecular weight excluding hydrogens is 280 g/mol. The van der Waals surface area contributed by atoms with Crippen LogP contribution in [0.15, 0.2) is 30.7 Å². The monoisotopic (exact) mass is 304 g/mol. The summed E-state index contributed by atoms with van der Waals surface area (Å²) in [5, 5.41) is 0. The number of hydrogen-bond acceptors (Lipinski definition) is 5. The molecule has 2 heterocycles. The minimum atomic E-state index is -0.256. The largest absolute Gasteiger partial charge is 0.475 e. The van der Waals surface area contributed by atoms with Gasteiger partial charge < -0.3 is 9.47 Å². The van der Waals surface area contributed by atoms with Gasteiger partial charge in [0.2, 0.25) is 5.78 Å². The van der Waals surface area contributed by atoms with E-state index < -0.39 is 0 Å². The van der Waals surface area contributed by atoms with Gasteiger partial charge in [-0.05, 0) is 57.0 Å². The lowest BCUT2D eigenvalue weighted by atomic mass is 9.92. The van der Waals surface area contributed by atoms with Crippen LogP contribution < -0.4 is 0 Å². The van der Waals surface area contributed by atoms with Gasteiger partial charge in [-0.2, -0.15) is 0 Å². The molecule has 22 heavy (non-hydrogen) atoms. The van der Waals surface area contributed by atoms with Gasteiger partial charge >= 0.3 is 0 Å². The fraction of sp³-hybridized carbons (Fsp3) is 0.529. The molecule has 1 unspecified atom stereocenters. The van der Waals surface area contributed by atoms with E-state index in [1.165, 1.54) is 0 Å². The van der Waals surface area contributed by atoms with Crippen LogP contribution in [0, 0.1) is 0 Å². The Kier molecular flexibility index (Phi) is 6.10. The Morgan fingerprint density at radius 1 is 1.45 bits per heavy atom. The van der Waals surface area contributed by atoms with Crippen molar-refractivity contribution in [1.29, 1.82) is 0 Å². The number of nitrogens with zero attached hydrogens (tertiary/aromatic N) is 2. The zero-order valence-electron chi connectivity index (χ0n) is 13.4. The Bertz CT molecular complexity index is 520. The number of Topliss-reactive ketones (excluding diaryl/α,β-unsaturated/α-hetero) is 1. The Balaban J connectivity index is 2.06. The molecule has 1 aliphatic heterocycles. The molecule has 0 amide bonds. The van der Waals surface area contributed by atoms with E-state index in [0.29, 0.717) is 18.3 Å². The van der Waals surface area contributed by atoms with Gasteiger partial charge in [-0.15, -0.1) is 0 Å². The van der Waals surface area contributed by atoms with Crippen molar-refractivity contribution in [1.82, 2.24) is 9.88 Å². The number of aromatic nitrogens is 1. The second-order valence-corrected chi connectivity index (χ2v) is 5.82. The summed E-state index contributed by atoms with van der Waals surface area (Å²) in [6.45, 7) is 5.62. The van der Waals surface area contributed by atoms with E-state index >= 15 is 0 Å². The first-order chi connectivity index (χ1) is 10.6. The maximum absolute atomic E-state index is 12.3. The lowest BCUT2D eigenvalue weighted by Gasteiger charge is -2.15. The first-order valence-electron chi connectivity index (χ1n) is 7.62. The van der Waals surface area contributed by atoms with E-state index in [4.69, 9.17) is 9.47 Å². The van der Waals surface area contributed by atoms with Crippen LogP contribution in [0.2, 0.25) is 0 Å². The van der Waals surface area contributed by atoms with Gasteiger partial charge in [0.05, 0.1) is 0 Å². The summed E-state index contributed by atoms with van der Waals surface area (Å²) in [6, 6.07) is 3.85. The number of ketones is 1. The molecular formula is C17H24N2O3. The summed E-state index contributed by atoms with van der Waals surface area (Å²) in [4.78, 5) is 18.3. The summed E-state index contributed by atoms with van der Waals surface area (Å²) in [5.74, 6) is 0.295. The fourth-order valence-corrected chi connectivity index (χ4v) is 2.48. The molecule has 1 saturated heterocycles. The van der Waals surface area contributed by atoms with E-state index in [-0.39, 0.29) is 11.5 Å². The molecule has 0 saturated carbocycles. The second kappa shape index (κ2) is 8.06. The molecule has 120 valence electrons. The van der Waals surface area contributed by atoms with Gasteiger partial charge in [-0.25, -0.2) is 0 Å². The molecule has 5 nitrogen and oxygen atoms in total. The van der Waals surface area contributed by atoms with Crippen molar-refractivity contribution in [2.45, 2.75) is 25.2 Å². The average Bonchev–Trinajstić information content (AvgIpc) is 2.81. The van der Waals surface area contributed by atoms with E-state index in [9.17, 15) is 4.79 Å². The highest BCUT2D eigenvalue weighted by atomic mass is 16.5. The predicted octanol–water partition coefficient (Wildman–Crippen LogP) is 2.60. The van der Waals surface area contributed by atoms with Gasteiger partial charge in [0.15, 0.2) is 5.76 Å². The number of hydrogen-bond donors (Lipinski definition) is 0. The molecule has 0 aliphatic carbocycles. The van der Waals surface area contributed by atoms with Gasteiger partial charge in [-0.1, -0.05) is 6.58 Å². The summed E-state index contributed by atoms with van der Waals surface area (Å²) in [5.41, 5.74) is 1.54. The number of carbonyl (C=O) groups excluding carboxylic acids is 1. The molecule has 0 spiro atoms. The Labute approximate surface area is 131 Å². The molecule has 2 rings (SSSR count). The van der Waals surface area contributed by atoms with Crippen LogP contribution in [0.4, 0.5) is 0 Å². The smallest absolute Gasteiger partial charge is 0.245 e.